The Morgan fingerprint density at radius 1 is 0.537 bits per heavy atom. The van der Waals surface area contributed by atoms with E-state index < -0.39 is 5.41 Å². The van der Waals surface area contributed by atoms with Gasteiger partial charge in [-0.3, -0.25) is 0 Å². The van der Waals surface area contributed by atoms with Crippen molar-refractivity contribution in [1.29, 1.82) is 0 Å². The summed E-state index contributed by atoms with van der Waals surface area (Å²) in [6.45, 7) is 0. The van der Waals surface area contributed by atoms with Crippen LogP contribution in [-0.4, -0.2) is 0 Å². The van der Waals surface area contributed by atoms with Crippen molar-refractivity contribution in [2.45, 2.75) is 5.41 Å². The molecule has 0 fully saturated rings. The van der Waals surface area contributed by atoms with E-state index >= 15 is 4.39 Å². The molecule has 1 spiro atoms. The molecule has 2 aliphatic carbocycles. The van der Waals surface area contributed by atoms with Gasteiger partial charge in [0.2, 0.25) is 0 Å². The fourth-order valence-corrected chi connectivity index (χ4v) is 8.02. The molecule has 6 aromatic carbocycles. The number of fused-ring (bicyclic) bond motifs is 18. The largest absolute Gasteiger partial charge is 0.455 e. The van der Waals surface area contributed by atoms with Crippen LogP contribution < -0.4 is 0 Å². The molecular formula is C37H18ClFO2. The maximum atomic E-state index is 15.2. The molecule has 8 aromatic rings. The lowest BCUT2D eigenvalue weighted by Crippen LogP contribution is -2.26. The summed E-state index contributed by atoms with van der Waals surface area (Å²) in [6.07, 6.45) is 0. The van der Waals surface area contributed by atoms with E-state index in [1.807, 2.05) is 54.6 Å². The van der Waals surface area contributed by atoms with Gasteiger partial charge in [-0.2, -0.15) is 0 Å². The van der Waals surface area contributed by atoms with Gasteiger partial charge in [0.15, 0.2) is 0 Å². The minimum atomic E-state index is -0.789. The molecule has 0 saturated carbocycles. The molecule has 10 rings (SSSR count). The molecule has 0 amide bonds. The van der Waals surface area contributed by atoms with Crippen molar-refractivity contribution in [3.63, 3.8) is 0 Å². The zero-order valence-electron chi connectivity index (χ0n) is 21.5. The summed E-state index contributed by atoms with van der Waals surface area (Å²) in [7, 11) is 0. The normalized spacial score (nSPS) is 16.6. The summed E-state index contributed by atoms with van der Waals surface area (Å²) in [6, 6.07) is 36.0. The fourth-order valence-electron chi connectivity index (χ4n) is 7.72. The Labute approximate surface area is 238 Å². The van der Waals surface area contributed by atoms with E-state index in [0.717, 1.165) is 88.4 Å². The molecule has 2 aliphatic rings. The van der Waals surface area contributed by atoms with Crippen molar-refractivity contribution in [2.75, 3.05) is 0 Å². The molecule has 4 heteroatoms. The summed E-state index contributed by atoms with van der Waals surface area (Å²) in [5.74, 6) is -0.272. The SMILES string of the molecule is Fc1ccc2c(c1)C1(c3ccccc3-2)c2ccc3c(oc4ccccc43)c2-c2c1cc(Cl)c1c2oc2ccccc21. The lowest BCUT2D eigenvalue weighted by atomic mass is 9.70. The molecule has 41 heavy (non-hydrogen) atoms. The van der Waals surface area contributed by atoms with Gasteiger partial charge in [0.25, 0.3) is 0 Å². The molecule has 0 radical (unpaired) electrons. The third-order valence-corrected chi connectivity index (χ3v) is 9.51. The number of rotatable bonds is 0. The number of hydrogen-bond acceptors (Lipinski definition) is 2. The van der Waals surface area contributed by atoms with E-state index in [1.165, 1.54) is 0 Å². The van der Waals surface area contributed by atoms with Crippen molar-refractivity contribution in [1.82, 2.24) is 0 Å². The van der Waals surface area contributed by atoms with E-state index in [0.29, 0.717) is 5.02 Å². The predicted molar refractivity (Wildman–Crippen MR) is 162 cm³/mol. The lowest BCUT2D eigenvalue weighted by Gasteiger charge is -2.30. The molecule has 0 aliphatic heterocycles. The van der Waals surface area contributed by atoms with Gasteiger partial charge in [0.1, 0.15) is 28.1 Å². The molecule has 0 bridgehead atoms. The van der Waals surface area contributed by atoms with E-state index in [9.17, 15) is 0 Å². The highest BCUT2D eigenvalue weighted by Crippen LogP contribution is 2.66. The Morgan fingerprint density at radius 2 is 1.22 bits per heavy atom. The van der Waals surface area contributed by atoms with E-state index in [-0.39, 0.29) is 5.82 Å². The highest BCUT2D eigenvalue weighted by atomic mass is 35.5. The molecule has 0 N–H and O–H groups in total. The fraction of sp³-hybridized carbons (Fsp3) is 0.0270. The molecule has 192 valence electrons. The first-order valence-electron chi connectivity index (χ1n) is 13.7. The van der Waals surface area contributed by atoms with Gasteiger partial charge < -0.3 is 8.83 Å². The second-order valence-electron chi connectivity index (χ2n) is 11.0. The van der Waals surface area contributed by atoms with Crippen LogP contribution in [0.4, 0.5) is 4.39 Å². The summed E-state index contributed by atoms with van der Waals surface area (Å²) in [5.41, 5.74) is 10.4. The molecular weight excluding hydrogens is 531 g/mol. The third kappa shape index (κ3) is 2.43. The number of benzene rings is 6. The second-order valence-corrected chi connectivity index (χ2v) is 11.4. The van der Waals surface area contributed by atoms with Crippen LogP contribution in [0.25, 0.3) is 66.1 Å². The predicted octanol–water partition coefficient (Wildman–Crippen LogP) is 10.6. The van der Waals surface area contributed by atoms with Gasteiger partial charge in [-0.05, 0) is 63.7 Å². The summed E-state index contributed by atoms with van der Waals surface area (Å²) < 4.78 is 28.5. The molecule has 1 unspecified atom stereocenters. The van der Waals surface area contributed by atoms with Gasteiger partial charge in [-0.25, -0.2) is 4.39 Å². The minimum absolute atomic E-state index is 0.272. The van der Waals surface area contributed by atoms with E-state index in [1.54, 1.807) is 12.1 Å². The Morgan fingerprint density at radius 3 is 2.10 bits per heavy atom. The van der Waals surface area contributed by atoms with Crippen LogP contribution >= 0.6 is 11.6 Å². The van der Waals surface area contributed by atoms with Crippen LogP contribution in [-0.2, 0) is 5.41 Å². The minimum Gasteiger partial charge on any atom is -0.455 e. The van der Waals surface area contributed by atoms with Crippen molar-refractivity contribution in [3.05, 3.63) is 142 Å². The Kier molecular flexibility index (Phi) is 3.87. The summed E-state index contributed by atoms with van der Waals surface area (Å²) in [5, 5.41) is 4.54. The standard InChI is InChI=1S/C37H18ClFO2/c38-29-18-28-34(36-32(29)24-9-3-6-12-31(24)41-36)33-26(16-15-23-22-8-2-5-11-30(22)40-35(23)33)37(28)25-10-4-1-7-20(25)21-14-13-19(39)17-27(21)37/h1-18H. The first kappa shape index (κ1) is 21.9. The maximum absolute atomic E-state index is 15.2. The van der Waals surface area contributed by atoms with Crippen LogP contribution in [0.5, 0.6) is 0 Å². The van der Waals surface area contributed by atoms with Crippen LogP contribution in [0, 0.1) is 5.82 Å². The Hall–Kier alpha value is -4.86. The average molecular weight is 549 g/mol. The van der Waals surface area contributed by atoms with Crippen LogP contribution in [0.2, 0.25) is 5.02 Å². The maximum Gasteiger partial charge on any atom is 0.145 e. The van der Waals surface area contributed by atoms with Crippen molar-refractivity contribution >= 4 is 55.5 Å². The molecule has 2 heterocycles. The van der Waals surface area contributed by atoms with Crippen molar-refractivity contribution < 1.29 is 13.2 Å². The topological polar surface area (TPSA) is 26.3 Å². The first-order chi connectivity index (χ1) is 20.2. The van der Waals surface area contributed by atoms with Crippen LogP contribution in [0.3, 0.4) is 0 Å². The van der Waals surface area contributed by atoms with Crippen LogP contribution in [0.1, 0.15) is 22.3 Å². The van der Waals surface area contributed by atoms with Gasteiger partial charge in [-0.1, -0.05) is 90.5 Å². The van der Waals surface area contributed by atoms with Crippen LogP contribution in [0.15, 0.2) is 118 Å². The van der Waals surface area contributed by atoms with Crippen molar-refractivity contribution in [3.8, 4) is 22.3 Å². The van der Waals surface area contributed by atoms with Gasteiger partial charge in [0, 0.05) is 32.7 Å². The van der Waals surface area contributed by atoms with E-state index in [2.05, 4.69) is 42.5 Å². The number of para-hydroxylation sites is 2. The summed E-state index contributed by atoms with van der Waals surface area (Å²) in [4.78, 5) is 0. The lowest BCUT2D eigenvalue weighted by molar-refractivity contribution is 0.622. The quantitative estimate of drug-likeness (QED) is 0.188. The number of furan rings is 2. The monoisotopic (exact) mass is 548 g/mol. The summed E-state index contributed by atoms with van der Waals surface area (Å²) >= 11 is 7.18. The highest BCUT2D eigenvalue weighted by Gasteiger charge is 2.54. The highest BCUT2D eigenvalue weighted by molar-refractivity contribution is 6.39. The molecule has 2 aromatic heterocycles. The zero-order chi connectivity index (χ0) is 27.0. The van der Waals surface area contributed by atoms with Crippen molar-refractivity contribution in [2.24, 2.45) is 0 Å². The van der Waals surface area contributed by atoms with Gasteiger partial charge in [0.05, 0.1) is 10.4 Å². The van der Waals surface area contributed by atoms with E-state index in [4.69, 9.17) is 20.4 Å². The first-order valence-corrected chi connectivity index (χ1v) is 14.0. The molecule has 2 nitrogen and oxygen atoms in total. The molecule has 1 atom stereocenters. The smallest absolute Gasteiger partial charge is 0.145 e. The second kappa shape index (κ2) is 7.25. The third-order valence-electron chi connectivity index (χ3n) is 9.21. The Bertz CT molecular complexity index is 2460. The average Bonchev–Trinajstić information content (AvgIpc) is 3.72. The number of hydrogen-bond donors (Lipinski definition) is 0. The number of halogens is 2. The van der Waals surface area contributed by atoms with Gasteiger partial charge in [-0.15, -0.1) is 0 Å². The van der Waals surface area contributed by atoms with Gasteiger partial charge >= 0.3 is 0 Å². The zero-order valence-corrected chi connectivity index (χ0v) is 22.2. The Balaban J connectivity index is 1.50. The molecule has 0 saturated heterocycles.